The van der Waals surface area contributed by atoms with Crippen LogP contribution in [-0.4, -0.2) is 13.7 Å². The lowest BCUT2D eigenvalue weighted by Gasteiger charge is -2.08. The number of hydrogen-bond acceptors (Lipinski definition) is 2. The Morgan fingerprint density at radius 2 is 2.07 bits per heavy atom. The molecule has 1 aliphatic carbocycles. The molecule has 1 aliphatic rings. The van der Waals surface area contributed by atoms with Gasteiger partial charge in [0.25, 0.3) is 0 Å². The predicted octanol–water partition coefficient (Wildman–Crippen LogP) is 2.49. The molecule has 0 atom stereocenters. The number of nitrogens with one attached hydrogen (secondary N) is 1. The zero-order valence-electron chi connectivity index (χ0n) is 7.70. The molecular weight excluding hydrogens is 285 g/mol. The van der Waals surface area contributed by atoms with Crippen LogP contribution in [0.3, 0.4) is 0 Å². The second kappa shape index (κ2) is 3.75. The number of hydrogen-bond donors (Lipinski definition) is 1. The Hall–Kier alpha value is -0.620. The van der Waals surface area contributed by atoms with E-state index in [1.54, 1.807) is 0 Å². The molecule has 1 aromatic rings. The van der Waals surface area contributed by atoms with Crippen LogP contribution in [0.5, 0.6) is 0 Å². The number of rotatable bonds is 3. The topological polar surface area (TPSA) is 46.2 Å². The van der Waals surface area contributed by atoms with E-state index >= 15 is 0 Å². The number of benzene rings is 1. The van der Waals surface area contributed by atoms with E-state index in [2.05, 4.69) is 20.7 Å². The molecule has 0 spiro atoms. The van der Waals surface area contributed by atoms with E-state index in [1.807, 2.05) is 0 Å². The summed E-state index contributed by atoms with van der Waals surface area (Å²) in [6.45, 7) is 0. The Balaban J connectivity index is 2.28. The molecule has 1 aromatic carbocycles. The Kier molecular flexibility index (Phi) is 2.72. The third-order valence-electron chi connectivity index (χ3n) is 2.17. The van der Waals surface area contributed by atoms with E-state index < -0.39 is 15.8 Å². The summed E-state index contributed by atoms with van der Waals surface area (Å²) in [6, 6.07) is 4.25. The minimum Gasteiger partial charge on any atom is -0.282 e. The van der Waals surface area contributed by atoms with Gasteiger partial charge in [-0.2, -0.15) is 0 Å². The Labute approximate surface area is 95.9 Å². The third-order valence-corrected chi connectivity index (χ3v) is 4.83. The summed E-state index contributed by atoms with van der Waals surface area (Å²) >= 11 is 3.00. The molecule has 0 unspecified atom stereocenters. The summed E-state index contributed by atoms with van der Waals surface area (Å²) in [7, 11) is -3.33. The fourth-order valence-electron chi connectivity index (χ4n) is 1.20. The van der Waals surface area contributed by atoms with Gasteiger partial charge in [0.15, 0.2) is 0 Å². The Morgan fingerprint density at radius 1 is 1.40 bits per heavy atom. The van der Waals surface area contributed by atoms with Gasteiger partial charge in [-0.3, -0.25) is 4.72 Å². The summed E-state index contributed by atoms with van der Waals surface area (Å²) in [6.07, 6.45) is 1.37. The zero-order chi connectivity index (χ0) is 11.1. The first kappa shape index (κ1) is 10.9. The maximum atomic E-state index is 13.1. The first-order valence-corrected chi connectivity index (χ1v) is 6.80. The molecule has 0 radical (unpaired) electrons. The quantitative estimate of drug-likeness (QED) is 0.931. The monoisotopic (exact) mass is 293 g/mol. The van der Waals surface area contributed by atoms with E-state index in [0.717, 1.165) is 0 Å². The molecule has 0 aromatic heterocycles. The van der Waals surface area contributed by atoms with Crippen molar-refractivity contribution in [1.82, 2.24) is 0 Å². The molecule has 2 rings (SSSR count). The first-order valence-electron chi connectivity index (χ1n) is 4.46. The van der Waals surface area contributed by atoms with Gasteiger partial charge in [-0.15, -0.1) is 0 Å². The maximum absolute atomic E-state index is 13.1. The van der Waals surface area contributed by atoms with Crippen molar-refractivity contribution in [3.8, 4) is 0 Å². The van der Waals surface area contributed by atoms with Gasteiger partial charge in [0, 0.05) is 0 Å². The smallest absolute Gasteiger partial charge is 0.235 e. The van der Waals surface area contributed by atoms with E-state index in [1.165, 1.54) is 18.2 Å². The minimum absolute atomic E-state index is 0.147. The molecular formula is C9H9BrFNO2S. The van der Waals surface area contributed by atoms with Crippen molar-refractivity contribution < 1.29 is 12.8 Å². The van der Waals surface area contributed by atoms with Crippen molar-refractivity contribution >= 4 is 31.6 Å². The summed E-state index contributed by atoms with van der Waals surface area (Å²) in [5, 5.41) is -0.312. The molecule has 0 saturated heterocycles. The Bertz CT molecular complexity index is 485. The standard InChI is InChI=1S/C9H9BrFNO2S/c10-9-7(11)2-1-3-8(9)12-15(13,14)6-4-5-6/h1-3,6,12H,4-5H2. The zero-order valence-corrected chi connectivity index (χ0v) is 10.1. The molecule has 82 valence electrons. The lowest BCUT2D eigenvalue weighted by atomic mass is 10.3. The van der Waals surface area contributed by atoms with E-state index in [9.17, 15) is 12.8 Å². The average molecular weight is 294 g/mol. The van der Waals surface area contributed by atoms with Crippen molar-refractivity contribution in [3.05, 3.63) is 28.5 Å². The first-order chi connectivity index (χ1) is 7.00. The highest BCUT2D eigenvalue weighted by molar-refractivity contribution is 9.10. The van der Waals surface area contributed by atoms with Gasteiger partial charge >= 0.3 is 0 Å². The van der Waals surface area contributed by atoms with Gasteiger partial charge in [-0.1, -0.05) is 6.07 Å². The lowest BCUT2D eigenvalue weighted by molar-refractivity contribution is 0.599. The summed E-state index contributed by atoms with van der Waals surface area (Å²) in [5.41, 5.74) is 0.252. The molecule has 1 N–H and O–H groups in total. The summed E-state index contributed by atoms with van der Waals surface area (Å²) < 4.78 is 38.8. The Morgan fingerprint density at radius 3 is 2.67 bits per heavy atom. The number of anilines is 1. The van der Waals surface area contributed by atoms with Crippen LogP contribution in [0.15, 0.2) is 22.7 Å². The van der Waals surface area contributed by atoms with Gasteiger partial charge in [-0.05, 0) is 40.9 Å². The highest BCUT2D eigenvalue weighted by Crippen LogP contribution is 2.32. The molecule has 0 heterocycles. The van der Waals surface area contributed by atoms with Crippen LogP contribution < -0.4 is 4.72 Å². The van der Waals surface area contributed by atoms with E-state index in [4.69, 9.17) is 0 Å². The van der Waals surface area contributed by atoms with Crippen molar-refractivity contribution in [2.75, 3.05) is 4.72 Å². The SMILES string of the molecule is O=S(=O)(Nc1cccc(F)c1Br)C1CC1. The lowest BCUT2D eigenvalue weighted by Crippen LogP contribution is -2.17. The molecule has 0 aliphatic heterocycles. The van der Waals surface area contributed by atoms with Crippen molar-refractivity contribution in [3.63, 3.8) is 0 Å². The highest BCUT2D eigenvalue weighted by Gasteiger charge is 2.36. The van der Waals surface area contributed by atoms with Gasteiger partial charge in [0.2, 0.25) is 10.0 Å². The second-order valence-corrected chi connectivity index (χ2v) is 6.20. The normalized spacial score (nSPS) is 16.4. The number of halogens is 2. The average Bonchev–Trinajstić information content (AvgIpc) is 2.95. The van der Waals surface area contributed by atoms with Crippen molar-refractivity contribution in [2.45, 2.75) is 18.1 Å². The van der Waals surface area contributed by atoms with Crippen molar-refractivity contribution in [2.24, 2.45) is 0 Å². The van der Waals surface area contributed by atoms with Crippen LogP contribution in [0.25, 0.3) is 0 Å². The number of sulfonamides is 1. The van der Waals surface area contributed by atoms with E-state index in [0.29, 0.717) is 12.8 Å². The highest BCUT2D eigenvalue weighted by atomic mass is 79.9. The molecule has 1 saturated carbocycles. The molecule has 3 nitrogen and oxygen atoms in total. The second-order valence-electron chi connectivity index (χ2n) is 3.45. The van der Waals surface area contributed by atoms with E-state index in [-0.39, 0.29) is 15.4 Å². The predicted molar refractivity (Wildman–Crippen MR) is 59.7 cm³/mol. The summed E-state index contributed by atoms with van der Waals surface area (Å²) in [5.74, 6) is -0.481. The molecule has 1 fully saturated rings. The largest absolute Gasteiger partial charge is 0.282 e. The van der Waals surface area contributed by atoms with Gasteiger partial charge < -0.3 is 0 Å². The van der Waals surface area contributed by atoms with Crippen LogP contribution in [0.4, 0.5) is 10.1 Å². The summed E-state index contributed by atoms with van der Waals surface area (Å²) in [4.78, 5) is 0. The minimum atomic E-state index is -3.33. The van der Waals surface area contributed by atoms with Crippen molar-refractivity contribution in [1.29, 1.82) is 0 Å². The van der Waals surface area contributed by atoms with Gasteiger partial charge in [0.1, 0.15) is 5.82 Å². The van der Waals surface area contributed by atoms with Crippen LogP contribution >= 0.6 is 15.9 Å². The fraction of sp³-hybridized carbons (Fsp3) is 0.333. The molecule has 0 bridgehead atoms. The molecule has 15 heavy (non-hydrogen) atoms. The third kappa shape index (κ3) is 2.31. The van der Waals surface area contributed by atoms with Crippen LogP contribution in [0, 0.1) is 5.82 Å². The van der Waals surface area contributed by atoms with Crippen LogP contribution in [0.2, 0.25) is 0 Å². The van der Waals surface area contributed by atoms with Crippen LogP contribution in [0.1, 0.15) is 12.8 Å². The fourth-order valence-corrected chi connectivity index (χ4v) is 3.09. The molecule has 0 amide bonds. The maximum Gasteiger partial charge on any atom is 0.235 e. The molecule has 6 heteroatoms. The van der Waals surface area contributed by atoms with Crippen LogP contribution in [-0.2, 0) is 10.0 Å². The van der Waals surface area contributed by atoms with Gasteiger partial charge in [-0.25, -0.2) is 12.8 Å². The van der Waals surface area contributed by atoms with Gasteiger partial charge in [0.05, 0.1) is 15.4 Å².